The normalized spacial score (nSPS) is 54.7. The molecule has 23 heteroatoms. The van der Waals surface area contributed by atoms with E-state index in [4.69, 9.17) is 37.9 Å². The predicted molar refractivity (Wildman–Crippen MR) is 252 cm³/mol. The number of carbonyl (C=O) groups is 3. The first-order valence-corrected chi connectivity index (χ1v) is 26.6. The number of carboxylic acids is 1. The van der Waals surface area contributed by atoms with Crippen LogP contribution >= 0.6 is 0 Å². The van der Waals surface area contributed by atoms with Crippen molar-refractivity contribution in [3.8, 4) is 0 Å². The van der Waals surface area contributed by atoms with Crippen LogP contribution in [0, 0.1) is 50.2 Å². The van der Waals surface area contributed by atoms with Gasteiger partial charge in [-0.15, -0.1) is 0 Å². The van der Waals surface area contributed by atoms with E-state index in [1.54, 1.807) is 6.92 Å². The highest BCUT2D eigenvalue weighted by Crippen LogP contribution is 2.76. The third-order valence-corrected chi connectivity index (χ3v) is 20.5. The molecule has 8 fully saturated rings. The lowest BCUT2D eigenvalue weighted by Crippen LogP contribution is -2.69. The van der Waals surface area contributed by atoms with Crippen LogP contribution in [0.5, 0.6) is 0 Å². The largest absolute Gasteiger partial charge is 0.479 e. The zero-order valence-electron chi connectivity index (χ0n) is 43.6. The van der Waals surface area contributed by atoms with Crippen molar-refractivity contribution in [3.05, 3.63) is 11.6 Å². The van der Waals surface area contributed by atoms with Gasteiger partial charge >= 0.3 is 11.9 Å². The molecule has 0 unspecified atom stereocenters. The van der Waals surface area contributed by atoms with Gasteiger partial charge in [0.15, 0.2) is 31.1 Å². The van der Waals surface area contributed by atoms with Crippen molar-refractivity contribution >= 4 is 18.2 Å². The monoisotopic (exact) mass is 1070 g/mol. The van der Waals surface area contributed by atoms with Gasteiger partial charge in [0.25, 0.3) is 0 Å². The number of carbonyl (C=O) groups excluding carboxylic acids is 2. The summed E-state index contributed by atoms with van der Waals surface area (Å²) in [5, 5.41) is 129. The number of aldehydes is 1. The average Bonchev–Trinajstić information content (AvgIpc) is 3.35. The Labute approximate surface area is 435 Å². The van der Waals surface area contributed by atoms with Crippen molar-refractivity contribution in [1.29, 1.82) is 0 Å². The van der Waals surface area contributed by atoms with Crippen molar-refractivity contribution in [2.24, 2.45) is 50.2 Å². The Morgan fingerprint density at radius 1 is 0.627 bits per heavy atom. The van der Waals surface area contributed by atoms with E-state index in [0.717, 1.165) is 11.9 Å². The van der Waals surface area contributed by atoms with Crippen LogP contribution in [0.1, 0.15) is 106 Å². The Hall–Kier alpha value is -2.37. The number of aliphatic carboxylic acids is 1. The molecule has 5 aliphatic carbocycles. The molecule has 23 nitrogen and oxygen atoms in total. The molecule has 9 rings (SSSR count). The highest BCUT2D eigenvalue weighted by atomic mass is 16.8. The first kappa shape index (κ1) is 57.3. The van der Waals surface area contributed by atoms with E-state index >= 15 is 4.79 Å². The van der Waals surface area contributed by atoms with E-state index in [1.807, 2.05) is 0 Å². The second-order valence-corrected chi connectivity index (χ2v) is 25.2. The lowest BCUT2D eigenvalue weighted by molar-refractivity contribution is -0.368. The average molecular weight is 1070 g/mol. The fourth-order valence-electron chi connectivity index (χ4n) is 15.9. The number of allylic oxidation sites excluding steroid dienone is 2. The van der Waals surface area contributed by atoms with Crippen LogP contribution in [-0.2, 0) is 52.3 Å². The molecule has 9 aliphatic rings. The van der Waals surface area contributed by atoms with Gasteiger partial charge in [0.2, 0.25) is 6.29 Å². The van der Waals surface area contributed by atoms with E-state index in [-0.39, 0.29) is 36.2 Å². The number of ether oxygens (including phenoxy) is 8. The summed E-state index contributed by atoms with van der Waals surface area (Å²) in [6.45, 7) is 13.3. The Morgan fingerprint density at radius 2 is 1.23 bits per heavy atom. The molecular weight excluding hydrogens is 993 g/mol. The molecule has 4 saturated heterocycles. The van der Waals surface area contributed by atoms with Gasteiger partial charge in [0, 0.05) is 0 Å². The summed E-state index contributed by atoms with van der Waals surface area (Å²) in [6, 6.07) is 0. The third kappa shape index (κ3) is 9.17. The molecule has 426 valence electrons. The summed E-state index contributed by atoms with van der Waals surface area (Å²) in [4.78, 5) is 40.7. The lowest BCUT2D eigenvalue weighted by atomic mass is 9.33. The molecule has 0 aromatic carbocycles. The Balaban J connectivity index is 0.948. The maximum atomic E-state index is 15.2. The molecule has 0 aromatic heterocycles. The molecule has 4 heterocycles. The van der Waals surface area contributed by atoms with E-state index < -0.39 is 168 Å². The lowest BCUT2D eigenvalue weighted by Gasteiger charge is -2.71. The van der Waals surface area contributed by atoms with Crippen LogP contribution < -0.4 is 0 Å². The third-order valence-electron chi connectivity index (χ3n) is 20.5. The predicted octanol–water partition coefficient (Wildman–Crippen LogP) is -1.49. The van der Waals surface area contributed by atoms with Crippen LogP contribution in [0.2, 0.25) is 0 Å². The fraction of sp³-hybridized carbons (Fsp3) is 0.904. The molecular formula is C52H80O23. The highest BCUT2D eigenvalue weighted by molar-refractivity contribution is 5.79. The minimum Gasteiger partial charge on any atom is -0.479 e. The Bertz CT molecular complexity index is 2160. The van der Waals surface area contributed by atoms with Gasteiger partial charge in [0.1, 0.15) is 73.4 Å². The minimum absolute atomic E-state index is 0.0932. The number of hydrogen-bond donors (Lipinski definition) is 12. The van der Waals surface area contributed by atoms with Crippen LogP contribution in [0.4, 0.5) is 0 Å². The van der Waals surface area contributed by atoms with Crippen molar-refractivity contribution in [3.63, 3.8) is 0 Å². The van der Waals surface area contributed by atoms with Crippen molar-refractivity contribution in [2.75, 3.05) is 13.2 Å². The van der Waals surface area contributed by atoms with Crippen molar-refractivity contribution in [1.82, 2.24) is 0 Å². The maximum Gasteiger partial charge on any atom is 0.335 e. The highest BCUT2D eigenvalue weighted by Gasteiger charge is 2.72. The maximum absolute atomic E-state index is 15.2. The zero-order chi connectivity index (χ0) is 54.9. The van der Waals surface area contributed by atoms with Crippen LogP contribution in [0.25, 0.3) is 0 Å². The quantitative estimate of drug-likeness (QED) is 0.0513. The van der Waals surface area contributed by atoms with Crippen LogP contribution in [0.15, 0.2) is 11.6 Å². The van der Waals surface area contributed by atoms with Gasteiger partial charge in [-0.1, -0.05) is 53.2 Å². The Kier molecular flexibility index (Phi) is 15.5. The second-order valence-electron chi connectivity index (χ2n) is 25.2. The summed E-state index contributed by atoms with van der Waals surface area (Å²) >= 11 is 0. The van der Waals surface area contributed by atoms with Gasteiger partial charge in [0.05, 0.1) is 42.4 Å². The molecule has 28 atom stereocenters. The number of hydrogen-bond acceptors (Lipinski definition) is 22. The first-order valence-electron chi connectivity index (χ1n) is 26.6. The van der Waals surface area contributed by atoms with Gasteiger partial charge in [-0.05, 0) is 104 Å². The summed E-state index contributed by atoms with van der Waals surface area (Å²) in [5.41, 5.74) is -3.12. The van der Waals surface area contributed by atoms with Crippen LogP contribution in [-0.4, -0.2) is 216 Å². The molecule has 75 heavy (non-hydrogen) atoms. The number of esters is 1. The van der Waals surface area contributed by atoms with Gasteiger partial charge < -0.3 is 104 Å². The molecule has 4 saturated carbocycles. The van der Waals surface area contributed by atoms with Crippen molar-refractivity contribution < 1.29 is 114 Å². The van der Waals surface area contributed by atoms with Crippen molar-refractivity contribution in [2.45, 2.75) is 229 Å². The second kappa shape index (κ2) is 20.3. The molecule has 0 bridgehead atoms. The van der Waals surface area contributed by atoms with Gasteiger partial charge in [-0.2, -0.15) is 0 Å². The number of aliphatic hydroxyl groups is 11. The van der Waals surface area contributed by atoms with E-state index in [9.17, 15) is 70.9 Å². The zero-order valence-corrected chi connectivity index (χ0v) is 43.6. The SMILES string of the molecule is C[C@@H]1O[C@@H](O[C@H]2[C@H](OC(=O)[C@]34CCC(C)(C)C[C@H]3C3=CC[C@@H]5[C@@]6(C)C[C@H](O)[C@H](O[C@@H]7O[C@H](C(=O)O)[C@@H](O)[C@H](O)[C@H]7O)[C@@](C)(C=O)[C@@H]6CC[C@@]5(C)[C@]3(C)CC4)OC[C@H](O)[C@@H]2O)[C@H](O)[C@H](O)[C@H]1O[C@@H]1OC[C@@H](O)[C@H](O)[C@H]1O. The standard InChI is InChI=1S/C52H80O23/c1-21-37(71-42-34(62)29(57)25(55)18-68-42)33(61)36(64)43(70-21)73-39-30(58)26(56)19-69-45(39)75-46(67)52-14-12-47(2,3)16-23(52)22-8-9-28-48(4)17-24(54)40(74-44-35(63)31(59)32(60)38(72-44)41(65)66)49(5,20-53)27(48)10-11-51(28,7)50(22,6)13-15-52/h8,20-21,23-40,42-45,54-64H,9-19H2,1-7H3,(H,65,66)/t21-,23-,24-,25+,26-,27+,28+,29-,30-,31-,32-,33-,34+,35+,36+,37-,38-,39+,40-,42-,43-,44-,45-,48-,49-,50+,51+,52-/m0/s1. The Morgan fingerprint density at radius 3 is 1.89 bits per heavy atom. The minimum atomic E-state index is -1.96. The summed E-state index contributed by atoms with van der Waals surface area (Å²) in [6.07, 6.45) is -24.8. The van der Waals surface area contributed by atoms with E-state index in [0.29, 0.717) is 51.4 Å². The molecule has 4 aliphatic heterocycles. The fourth-order valence-corrected chi connectivity index (χ4v) is 15.9. The molecule has 12 N–H and O–H groups in total. The number of aliphatic hydroxyl groups excluding tert-OH is 11. The van der Waals surface area contributed by atoms with Gasteiger partial charge in [-0.25, -0.2) is 4.79 Å². The summed E-state index contributed by atoms with van der Waals surface area (Å²) < 4.78 is 46.9. The first-order chi connectivity index (χ1) is 35.0. The summed E-state index contributed by atoms with van der Waals surface area (Å²) in [5.74, 6) is -2.97. The number of carboxylic acid groups (broad SMARTS) is 1. The molecule has 0 amide bonds. The molecule has 0 aromatic rings. The topological polar surface area (TPSA) is 368 Å². The smallest absolute Gasteiger partial charge is 0.335 e. The molecule has 0 radical (unpaired) electrons. The summed E-state index contributed by atoms with van der Waals surface area (Å²) in [7, 11) is 0. The number of rotatable bonds is 10. The molecule has 0 spiro atoms. The van der Waals surface area contributed by atoms with E-state index in [1.165, 1.54) is 6.92 Å². The number of fused-ring (bicyclic) bond motifs is 7. The van der Waals surface area contributed by atoms with Crippen LogP contribution in [0.3, 0.4) is 0 Å². The van der Waals surface area contributed by atoms with Gasteiger partial charge in [-0.3, -0.25) is 4.79 Å². The van der Waals surface area contributed by atoms with E-state index in [2.05, 4.69) is 40.7 Å².